The maximum atomic E-state index is 5.89. The van der Waals surface area contributed by atoms with Crippen LogP contribution in [-0.4, -0.2) is 0 Å². The Kier molecular flexibility index (Phi) is 3.76. The topological polar surface area (TPSA) is 52.0 Å². The van der Waals surface area contributed by atoms with Gasteiger partial charge in [-0.3, -0.25) is 0 Å². The number of hydrogen-bond acceptors (Lipinski definition) is 2. The van der Waals surface area contributed by atoms with Gasteiger partial charge in [-0.05, 0) is 11.6 Å². The fourth-order valence-corrected chi connectivity index (χ4v) is 1.45. The van der Waals surface area contributed by atoms with Gasteiger partial charge in [0.15, 0.2) is 0 Å². The quantitative estimate of drug-likeness (QED) is 0.597. The minimum atomic E-state index is 0. The van der Waals surface area contributed by atoms with Crippen LogP contribution in [0, 0.1) is 0 Å². The van der Waals surface area contributed by atoms with Crippen molar-refractivity contribution < 1.29 is 16.5 Å². The molecule has 2 aromatic rings. The minimum Gasteiger partial charge on any atom is -0.397 e. The van der Waals surface area contributed by atoms with Crippen LogP contribution in [0.3, 0.4) is 0 Å². The Labute approximate surface area is 99.2 Å². The maximum absolute atomic E-state index is 5.89. The summed E-state index contributed by atoms with van der Waals surface area (Å²) in [5.74, 6) is 0. The van der Waals surface area contributed by atoms with E-state index < -0.39 is 0 Å². The molecule has 80 valence electrons. The molecule has 0 aliphatic heterocycles. The molecule has 15 heavy (non-hydrogen) atoms. The largest absolute Gasteiger partial charge is 0.397 e. The van der Waals surface area contributed by atoms with Crippen molar-refractivity contribution in [2.75, 3.05) is 11.5 Å². The van der Waals surface area contributed by atoms with Crippen LogP contribution >= 0.6 is 0 Å². The second kappa shape index (κ2) is 4.85. The molecule has 0 fully saturated rings. The van der Waals surface area contributed by atoms with Gasteiger partial charge in [0.2, 0.25) is 0 Å². The zero-order valence-electron chi connectivity index (χ0n) is 8.09. The molecule has 0 spiro atoms. The van der Waals surface area contributed by atoms with E-state index in [0.29, 0.717) is 11.4 Å². The van der Waals surface area contributed by atoms with Gasteiger partial charge in [0.25, 0.3) is 0 Å². The number of nitrogens with two attached hydrogens (primary N) is 2. The van der Waals surface area contributed by atoms with E-state index in [4.69, 9.17) is 11.5 Å². The van der Waals surface area contributed by atoms with E-state index in [0.717, 1.165) is 11.1 Å². The summed E-state index contributed by atoms with van der Waals surface area (Å²) < 4.78 is 0. The van der Waals surface area contributed by atoms with Crippen LogP contribution in [0.5, 0.6) is 0 Å². The second-order valence-corrected chi connectivity index (χ2v) is 3.17. The molecule has 0 atom stereocenters. The van der Waals surface area contributed by atoms with Crippen molar-refractivity contribution in [3.63, 3.8) is 0 Å². The molecule has 4 N–H and O–H groups in total. The molecule has 2 nitrogen and oxygen atoms in total. The average Bonchev–Trinajstić information content (AvgIpc) is 2.23. The average molecular weight is 243 g/mol. The summed E-state index contributed by atoms with van der Waals surface area (Å²) in [5, 5.41) is 0. The van der Waals surface area contributed by atoms with E-state index in [1.807, 2.05) is 48.5 Å². The molecule has 0 aliphatic rings. The molecular weight excluding hydrogens is 231 g/mol. The number of nitrogen functional groups attached to an aromatic ring is 2. The van der Waals surface area contributed by atoms with E-state index >= 15 is 0 Å². The second-order valence-electron chi connectivity index (χ2n) is 3.17. The number of hydrogen-bond donors (Lipinski definition) is 2. The molecule has 0 amide bonds. The van der Waals surface area contributed by atoms with Crippen LogP contribution in [0.4, 0.5) is 11.4 Å². The third kappa shape index (κ3) is 2.31. The monoisotopic (exact) mass is 242 g/mol. The number of anilines is 2. The standard InChI is InChI=1S/C12H12N2.Ni/c13-11-8-4-7-10(12(11)14)9-5-2-1-3-6-9;/h1-8H,13-14H2;. The van der Waals surface area contributed by atoms with Crippen LogP contribution in [0.1, 0.15) is 0 Å². The zero-order chi connectivity index (χ0) is 9.97. The van der Waals surface area contributed by atoms with Gasteiger partial charge in [-0.15, -0.1) is 0 Å². The summed E-state index contributed by atoms with van der Waals surface area (Å²) in [6.45, 7) is 0. The maximum Gasteiger partial charge on any atom is 0.0627 e. The van der Waals surface area contributed by atoms with Gasteiger partial charge in [0, 0.05) is 22.1 Å². The van der Waals surface area contributed by atoms with Gasteiger partial charge < -0.3 is 11.5 Å². The van der Waals surface area contributed by atoms with Gasteiger partial charge in [0.1, 0.15) is 0 Å². The predicted octanol–water partition coefficient (Wildman–Crippen LogP) is 2.52. The van der Waals surface area contributed by atoms with Gasteiger partial charge in [0.05, 0.1) is 11.4 Å². The molecule has 0 radical (unpaired) electrons. The van der Waals surface area contributed by atoms with Crippen molar-refractivity contribution in [3.8, 4) is 11.1 Å². The Morgan fingerprint density at radius 3 is 2.07 bits per heavy atom. The Hall–Kier alpha value is -1.47. The molecule has 2 aromatic carbocycles. The summed E-state index contributed by atoms with van der Waals surface area (Å²) in [5.41, 5.74) is 15.0. The van der Waals surface area contributed by atoms with Crippen LogP contribution in [0.25, 0.3) is 11.1 Å². The molecule has 0 saturated carbocycles. The SMILES string of the molecule is Nc1cccc(-c2ccccc2)c1N.[Ni]. The van der Waals surface area contributed by atoms with E-state index in [2.05, 4.69) is 0 Å². The van der Waals surface area contributed by atoms with E-state index in [1.54, 1.807) is 0 Å². The fourth-order valence-electron chi connectivity index (χ4n) is 1.45. The Morgan fingerprint density at radius 1 is 0.733 bits per heavy atom. The van der Waals surface area contributed by atoms with Crippen LogP contribution in [-0.2, 0) is 16.5 Å². The van der Waals surface area contributed by atoms with Crippen molar-refractivity contribution >= 4 is 11.4 Å². The van der Waals surface area contributed by atoms with Crippen molar-refractivity contribution in [1.82, 2.24) is 0 Å². The van der Waals surface area contributed by atoms with Gasteiger partial charge in [-0.25, -0.2) is 0 Å². The Bertz CT molecular complexity index is 441. The first-order chi connectivity index (χ1) is 6.79. The first-order valence-electron chi connectivity index (χ1n) is 4.48. The normalized spacial score (nSPS) is 9.33. The Balaban J connectivity index is 0.00000112. The third-order valence-corrected chi connectivity index (χ3v) is 2.22. The summed E-state index contributed by atoms with van der Waals surface area (Å²) in [7, 11) is 0. The van der Waals surface area contributed by atoms with E-state index in [9.17, 15) is 0 Å². The first kappa shape index (κ1) is 11.6. The molecule has 3 heteroatoms. The van der Waals surface area contributed by atoms with E-state index in [-0.39, 0.29) is 16.5 Å². The van der Waals surface area contributed by atoms with Crippen LogP contribution in [0.2, 0.25) is 0 Å². The van der Waals surface area contributed by atoms with Crippen molar-refractivity contribution in [2.45, 2.75) is 0 Å². The molecule has 0 aromatic heterocycles. The minimum absolute atomic E-state index is 0. The summed E-state index contributed by atoms with van der Waals surface area (Å²) in [4.78, 5) is 0. The summed E-state index contributed by atoms with van der Waals surface area (Å²) in [6.07, 6.45) is 0. The fraction of sp³-hybridized carbons (Fsp3) is 0. The van der Waals surface area contributed by atoms with Crippen molar-refractivity contribution in [2.24, 2.45) is 0 Å². The van der Waals surface area contributed by atoms with Gasteiger partial charge in [-0.2, -0.15) is 0 Å². The van der Waals surface area contributed by atoms with E-state index in [1.165, 1.54) is 0 Å². The summed E-state index contributed by atoms with van der Waals surface area (Å²) in [6, 6.07) is 15.7. The van der Waals surface area contributed by atoms with Crippen molar-refractivity contribution in [3.05, 3.63) is 48.5 Å². The number of para-hydroxylation sites is 1. The zero-order valence-corrected chi connectivity index (χ0v) is 9.08. The molecule has 0 bridgehead atoms. The number of rotatable bonds is 1. The third-order valence-electron chi connectivity index (χ3n) is 2.22. The molecule has 0 saturated heterocycles. The molecule has 0 aliphatic carbocycles. The molecule has 2 rings (SSSR count). The van der Waals surface area contributed by atoms with Gasteiger partial charge >= 0.3 is 0 Å². The van der Waals surface area contributed by atoms with Crippen molar-refractivity contribution in [1.29, 1.82) is 0 Å². The molecule has 0 unspecified atom stereocenters. The van der Waals surface area contributed by atoms with Gasteiger partial charge in [-0.1, -0.05) is 42.5 Å². The Morgan fingerprint density at radius 2 is 1.40 bits per heavy atom. The number of benzene rings is 2. The first-order valence-corrected chi connectivity index (χ1v) is 4.48. The smallest absolute Gasteiger partial charge is 0.0627 e. The predicted molar refractivity (Wildman–Crippen MR) is 60.7 cm³/mol. The van der Waals surface area contributed by atoms with Crippen LogP contribution in [0.15, 0.2) is 48.5 Å². The molecular formula is C12H12N2Ni. The molecule has 0 heterocycles. The van der Waals surface area contributed by atoms with Crippen LogP contribution < -0.4 is 11.5 Å². The summed E-state index contributed by atoms with van der Waals surface area (Å²) >= 11 is 0.